The molecule has 5 rings (SSSR count). The first kappa shape index (κ1) is 23.5. The zero-order chi connectivity index (χ0) is 24.2. The number of thiocarbonyl (C=S) groups is 1. The molecular weight excluding hydrogens is 458 g/mol. The summed E-state index contributed by atoms with van der Waals surface area (Å²) in [6.07, 6.45) is 6.65. The fourth-order valence-electron chi connectivity index (χ4n) is 4.99. The maximum atomic E-state index is 12.8. The number of rotatable bonds is 8. The summed E-state index contributed by atoms with van der Waals surface area (Å²) in [4.78, 5) is 19.6. The number of hydrogen-bond acceptors (Lipinski definition) is 4. The van der Waals surface area contributed by atoms with E-state index in [4.69, 9.17) is 17.0 Å². The second-order valence-electron chi connectivity index (χ2n) is 9.15. The number of nitrogens with zero attached hydrogens (tertiary/aromatic N) is 3. The molecular formula is C27H31N5O2S. The molecule has 2 aromatic heterocycles. The molecule has 2 N–H and O–H groups in total. The summed E-state index contributed by atoms with van der Waals surface area (Å²) in [5.74, 6) is -0.0307. The van der Waals surface area contributed by atoms with Gasteiger partial charge in [-0.25, -0.2) is 0 Å². The lowest BCUT2D eigenvalue weighted by molar-refractivity contribution is -0.116. The van der Waals surface area contributed by atoms with Crippen LogP contribution in [0.4, 0.5) is 5.69 Å². The number of carbonyl (C=O) groups is 1. The molecule has 3 aromatic rings. The molecule has 0 bridgehead atoms. The first-order valence-electron chi connectivity index (χ1n) is 12.2. The molecule has 0 spiro atoms. The third-order valence-electron chi connectivity index (χ3n) is 6.79. The molecule has 2 fully saturated rings. The minimum absolute atomic E-state index is 0.0307. The summed E-state index contributed by atoms with van der Waals surface area (Å²) in [6, 6.07) is 17.8. The highest BCUT2D eigenvalue weighted by Gasteiger charge is 2.41. The van der Waals surface area contributed by atoms with Crippen LogP contribution in [0.3, 0.4) is 0 Å². The molecule has 7 nitrogen and oxygen atoms in total. The summed E-state index contributed by atoms with van der Waals surface area (Å²) < 4.78 is 8.18. The van der Waals surface area contributed by atoms with E-state index in [0.717, 1.165) is 48.6 Å². The van der Waals surface area contributed by atoms with E-state index in [-0.39, 0.29) is 24.1 Å². The van der Waals surface area contributed by atoms with Crippen LogP contribution >= 0.6 is 12.2 Å². The monoisotopic (exact) mass is 489 g/mol. The number of nitrogens with one attached hydrogen (secondary N) is 2. The lowest BCUT2D eigenvalue weighted by Gasteiger charge is -2.29. The van der Waals surface area contributed by atoms with Gasteiger partial charge in [0.2, 0.25) is 5.91 Å². The molecule has 2 aliphatic heterocycles. The Bertz CT molecular complexity index is 1180. The van der Waals surface area contributed by atoms with E-state index >= 15 is 0 Å². The Kier molecular flexibility index (Phi) is 7.11. The van der Waals surface area contributed by atoms with E-state index in [1.807, 2.05) is 49.4 Å². The van der Waals surface area contributed by atoms with Gasteiger partial charge in [-0.15, -0.1) is 0 Å². The van der Waals surface area contributed by atoms with Crippen LogP contribution in [-0.4, -0.2) is 44.7 Å². The summed E-state index contributed by atoms with van der Waals surface area (Å²) in [5, 5.41) is 7.16. The van der Waals surface area contributed by atoms with Crippen LogP contribution in [0.1, 0.15) is 48.3 Å². The van der Waals surface area contributed by atoms with Crippen molar-refractivity contribution in [3.63, 3.8) is 0 Å². The second kappa shape index (κ2) is 10.6. The van der Waals surface area contributed by atoms with Crippen molar-refractivity contribution in [3.05, 3.63) is 83.9 Å². The predicted molar refractivity (Wildman–Crippen MR) is 140 cm³/mol. The Morgan fingerprint density at radius 3 is 2.83 bits per heavy atom. The van der Waals surface area contributed by atoms with Gasteiger partial charge in [-0.2, -0.15) is 0 Å². The quantitative estimate of drug-likeness (QED) is 0.458. The zero-order valence-electron chi connectivity index (χ0n) is 19.9. The summed E-state index contributed by atoms with van der Waals surface area (Å²) in [7, 11) is 0. The van der Waals surface area contributed by atoms with E-state index in [0.29, 0.717) is 18.1 Å². The smallest absolute Gasteiger partial charge is 0.226 e. The average Bonchev–Trinajstić information content (AvgIpc) is 3.61. The van der Waals surface area contributed by atoms with Crippen molar-refractivity contribution in [1.82, 2.24) is 19.8 Å². The van der Waals surface area contributed by atoms with Gasteiger partial charge in [0.15, 0.2) is 5.11 Å². The first-order chi connectivity index (χ1) is 17.1. The lowest BCUT2D eigenvalue weighted by atomic mass is 10.0. The maximum Gasteiger partial charge on any atom is 0.226 e. The molecule has 0 saturated carbocycles. The molecule has 182 valence electrons. The van der Waals surface area contributed by atoms with Crippen molar-refractivity contribution >= 4 is 28.9 Å². The first-order valence-corrected chi connectivity index (χ1v) is 12.6. The number of aryl methyl sites for hydroxylation is 1. The molecule has 1 amide bonds. The normalized spacial score (nSPS) is 21.8. The highest BCUT2D eigenvalue weighted by atomic mass is 32.1. The fourth-order valence-corrected chi connectivity index (χ4v) is 5.32. The standard InChI is InChI=1S/C27H31N5O2S/c1-19-8-2-3-10-21(19)29-24(33)13-16-32-26(25(30-27(32)35)22-11-4-5-14-28-22)23-12-6-15-31(23)18-20-9-7-17-34-20/h2-6,8,10-12,14-15,20,25-26H,7,9,13,16-18H2,1H3,(H,29,33)(H,30,35)/t20-,25+,26+/m0/s1. The Morgan fingerprint density at radius 2 is 2.06 bits per heavy atom. The third-order valence-corrected chi connectivity index (χ3v) is 7.14. The number of anilines is 1. The van der Waals surface area contributed by atoms with Gasteiger partial charge >= 0.3 is 0 Å². The van der Waals surface area contributed by atoms with Crippen molar-refractivity contribution in [1.29, 1.82) is 0 Å². The molecule has 3 atom stereocenters. The Hall–Kier alpha value is -3.23. The van der Waals surface area contributed by atoms with Gasteiger partial charge in [0.05, 0.1) is 23.9 Å². The van der Waals surface area contributed by atoms with Gasteiger partial charge in [0, 0.05) is 49.9 Å². The Balaban J connectivity index is 1.38. The average molecular weight is 490 g/mol. The van der Waals surface area contributed by atoms with E-state index in [1.165, 1.54) is 0 Å². The van der Waals surface area contributed by atoms with Crippen LogP contribution in [0.15, 0.2) is 67.0 Å². The maximum absolute atomic E-state index is 12.8. The molecule has 2 aliphatic rings. The zero-order valence-corrected chi connectivity index (χ0v) is 20.7. The molecule has 8 heteroatoms. The largest absolute Gasteiger partial charge is 0.376 e. The van der Waals surface area contributed by atoms with Gasteiger partial charge in [0.1, 0.15) is 0 Å². The molecule has 1 aromatic carbocycles. The molecule has 0 radical (unpaired) electrons. The van der Waals surface area contributed by atoms with Crippen LogP contribution in [0.25, 0.3) is 0 Å². The Labute approximate surface area is 211 Å². The number of carbonyl (C=O) groups excluding carboxylic acids is 1. The van der Waals surface area contributed by atoms with Gasteiger partial charge in [-0.1, -0.05) is 24.3 Å². The van der Waals surface area contributed by atoms with E-state index < -0.39 is 0 Å². The van der Waals surface area contributed by atoms with Crippen LogP contribution in [0, 0.1) is 6.92 Å². The molecule has 4 heterocycles. The predicted octanol–water partition coefficient (Wildman–Crippen LogP) is 4.37. The number of aromatic nitrogens is 2. The minimum Gasteiger partial charge on any atom is -0.376 e. The van der Waals surface area contributed by atoms with E-state index in [9.17, 15) is 4.79 Å². The van der Waals surface area contributed by atoms with Gasteiger partial charge in [0.25, 0.3) is 0 Å². The Morgan fingerprint density at radius 1 is 1.20 bits per heavy atom. The van der Waals surface area contributed by atoms with Crippen molar-refractivity contribution < 1.29 is 9.53 Å². The van der Waals surface area contributed by atoms with Crippen LogP contribution < -0.4 is 10.6 Å². The molecule has 0 unspecified atom stereocenters. The molecule has 0 aliphatic carbocycles. The number of hydrogen-bond donors (Lipinski definition) is 2. The summed E-state index contributed by atoms with van der Waals surface area (Å²) >= 11 is 5.78. The molecule has 2 saturated heterocycles. The van der Waals surface area contributed by atoms with Gasteiger partial charge in [-0.05, 0) is 67.9 Å². The van der Waals surface area contributed by atoms with Crippen LogP contribution in [0.5, 0.6) is 0 Å². The van der Waals surface area contributed by atoms with Crippen molar-refractivity contribution in [2.75, 3.05) is 18.5 Å². The highest BCUT2D eigenvalue weighted by Crippen LogP contribution is 2.39. The number of para-hydroxylation sites is 1. The second-order valence-corrected chi connectivity index (χ2v) is 9.54. The third kappa shape index (κ3) is 5.23. The summed E-state index contributed by atoms with van der Waals surface area (Å²) in [6.45, 7) is 4.13. The van der Waals surface area contributed by atoms with Gasteiger partial charge < -0.3 is 24.8 Å². The number of amides is 1. The minimum atomic E-state index is -0.110. The fraction of sp³-hybridized carbons (Fsp3) is 0.370. The van der Waals surface area contributed by atoms with Crippen molar-refractivity contribution in [2.45, 2.75) is 50.9 Å². The van der Waals surface area contributed by atoms with Crippen LogP contribution in [-0.2, 0) is 16.1 Å². The topological polar surface area (TPSA) is 71.4 Å². The lowest BCUT2D eigenvalue weighted by Crippen LogP contribution is -2.33. The number of benzene rings is 1. The summed E-state index contributed by atoms with van der Waals surface area (Å²) in [5.41, 5.74) is 3.95. The highest BCUT2D eigenvalue weighted by molar-refractivity contribution is 7.80. The van der Waals surface area contributed by atoms with Crippen molar-refractivity contribution in [2.24, 2.45) is 0 Å². The number of pyridine rings is 1. The SMILES string of the molecule is Cc1ccccc1NC(=O)CCN1C(=S)N[C@H](c2ccccn2)[C@H]1c1cccn1C[C@@H]1CCCO1. The van der Waals surface area contributed by atoms with Gasteiger partial charge in [-0.3, -0.25) is 9.78 Å². The molecule has 35 heavy (non-hydrogen) atoms. The van der Waals surface area contributed by atoms with Crippen LogP contribution in [0.2, 0.25) is 0 Å². The van der Waals surface area contributed by atoms with E-state index in [1.54, 1.807) is 6.20 Å². The van der Waals surface area contributed by atoms with E-state index in [2.05, 4.69) is 43.4 Å². The van der Waals surface area contributed by atoms with Crippen molar-refractivity contribution in [3.8, 4) is 0 Å². The number of ether oxygens (including phenoxy) is 1.